The van der Waals surface area contributed by atoms with Gasteiger partial charge in [0.25, 0.3) is 0 Å². The second-order valence-corrected chi connectivity index (χ2v) is 3.81. The van der Waals surface area contributed by atoms with Gasteiger partial charge >= 0.3 is 0 Å². The predicted molar refractivity (Wildman–Crippen MR) is 49.2 cm³/mol. The summed E-state index contributed by atoms with van der Waals surface area (Å²) in [5, 5.41) is 9.51. The smallest absolute Gasteiger partial charge is 0.138 e. The van der Waals surface area contributed by atoms with Crippen LogP contribution in [0.25, 0.3) is 0 Å². The third-order valence-corrected chi connectivity index (χ3v) is 2.67. The van der Waals surface area contributed by atoms with E-state index in [0.29, 0.717) is 28.8 Å². The van der Waals surface area contributed by atoms with Crippen molar-refractivity contribution in [2.45, 2.75) is 12.5 Å². The summed E-state index contributed by atoms with van der Waals surface area (Å²) in [5.74, 6) is 0.190. The average Bonchev–Trinajstić information content (AvgIpc) is 2.09. The summed E-state index contributed by atoms with van der Waals surface area (Å²) >= 11 is 3.06. The fourth-order valence-corrected chi connectivity index (χ4v) is 1.69. The molecule has 1 aliphatic heterocycles. The molecule has 2 rings (SSSR count). The molecule has 4 heteroatoms. The van der Waals surface area contributed by atoms with Crippen LogP contribution in [0.5, 0.6) is 5.75 Å². The third kappa shape index (κ3) is 1.56. The molecule has 0 bridgehead atoms. The number of fused-ring (bicyclic) bond motifs is 1. The summed E-state index contributed by atoms with van der Waals surface area (Å²) < 4.78 is 18.7. The number of aliphatic hydroxyl groups excluding tert-OH is 1. The Morgan fingerprint density at radius 3 is 3.08 bits per heavy atom. The van der Waals surface area contributed by atoms with Gasteiger partial charge < -0.3 is 9.84 Å². The van der Waals surface area contributed by atoms with E-state index in [1.54, 1.807) is 6.07 Å². The molecule has 70 valence electrons. The van der Waals surface area contributed by atoms with Crippen molar-refractivity contribution in [2.75, 3.05) is 6.61 Å². The lowest BCUT2D eigenvalue weighted by Crippen LogP contribution is -2.14. The van der Waals surface area contributed by atoms with Gasteiger partial charge in [-0.2, -0.15) is 0 Å². The van der Waals surface area contributed by atoms with Crippen molar-refractivity contribution in [3.05, 3.63) is 28.0 Å². The van der Waals surface area contributed by atoms with E-state index in [-0.39, 0.29) is 5.82 Å². The molecule has 0 aliphatic carbocycles. The van der Waals surface area contributed by atoms with Crippen molar-refractivity contribution in [3.8, 4) is 5.75 Å². The molecule has 1 heterocycles. The summed E-state index contributed by atoms with van der Waals surface area (Å²) in [5.41, 5.74) is 0.534. The summed E-state index contributed by atoms with van der Waals surface area (Å²) in [6, 6.07) is 2.86. The summed E-state index contributed by atoms with van der Waals surface area (Å²) in [6.45, 7) is 0.478. The molecule has 0 amide bonds. The molecule has 1 N–H and O–H groups in total. The van der Waals surface area contributed by atoms with Crippen LogP contribution in [0.4, 0.5) is 4.39 Å². The monoisotopic (exact) mass is 246 g/mol. The molecule has 13 heavy (non-hydrogen) atoms. The lowest BCUT2D eigenvalue weighted by atomic mass is 10.0. The van der Waals surface area contributed by atoms with Gasteiger partial charge in [-0.1, -0.05) is 0 Å². The lowest BCUT2D eigenvalue weighted by Gasteiger charge is -2.22. The summed E-state index contributed by atoms with van der Waals surface area (Å²) in [6.07, 6.45) is -0.0833. The molecule has 0 spiro atoms. The van der Waals surface area contributed by atoms with E-state index in [2.05, 4.69) is 15.9 Å². The maximum absolute atomic E-state index is 13.1. The van der Waals surface area contributed by atoms with Crippen molar-refractivity contribution in [1.29, 1.82) is 0 Å². The minimum atomic E-state index is -0.605. The van der Waals surface area contributed by atoms with Crippen LogP contribution in [0.2, 0.25) is 0 Å². The summed E-state index contributed by atoms with van der Waals surface area (Å²) in [4.78, 5) is 0. The van der Waals surface area contributed by atoms with Crippen LogP contribution in [-0.4, -0.2) is 11.7 Å². The number of rotatable bonds is 0. The number of halogens is 2. The molecule has 0 unspecified atom stereocenters. The van der Waals surface area contributed by atoms with Gasteiger partial charge in [-0.05, 0) is 28.1 Å². The molecule has 1 aromatic rings. The molecule has 1 atom stereocenters. The molecule has 0 radical (unpaired) electrons. The maximum Gasteiger partial charge on any atom is 0.138 e. The Kier molecular flexibility index (Phi) is 2.26. The predicted octanol–water partition coefficient (Wildman–Crippen LogP) is 2.40. The Labute approximate surface area is 83.5 Å². The zero-order valence-electron chi connectivity index (χ0n) is 6.76. The number of ether oxygens (including phenoxy) is 1. The topological polar surface area (TPSA) is 29.5 Å². The van der Waals surface area contributed by atoms with Gasteiger partial charge in [0.2, 0.25) is 0 Å². The molecule has 2 nitrogen and oxygen atoms in total. The highest BCUT2D eigenvalue weighted by Gasteiger charge is 2.20. The second kappa shape index (κ2) is 3.27. The van der Waals surface area contributed by atoms with Gasteiger partial charge in [0, 0.05) is 12.0 Å². The number of hydrogen-bond acceptors (Lipinski definition) is 2. The first-order valence-corrected chi connectivity index (χ1v) is 4.77. The first-order chi connectivity index (χ1) is 6.18. The van der Waals surface area contributed by atoms with Crippen molar-refractivity contribution >= 4 is 15.9 Å². The van der Waals surface area contributed by atoms with E-state index in [4.69, 9.17) is 4.74 Å². The van der Waals surface area contributed by atoms with Crippen LogP contribution in [0.3, 0.4) is 0 Å². The van der Waals surface area contributed by atoms with Gasteiger partial charge in [-0.3, -0.25) is 0 Å². The van der Waals surface area contributed by atoms with Gasteiger partial charge in [0.15, 0.2) is 0 Å². The standard InChI is InChI=1S/C9H8BrFO2/c10-6-4-9-5(3-7(6)11)8(12)1-2-13-9/h3-4,8,12H,1-2H2/t8-/m0/s1. The van der Waals surface area contributed by atoms with Crippen LogP contribution < -0.4 is 4.74 Å². The number of benzene rings is 1. The molecule has 1 aromatic carbocycles. The van der Waals surface area contributed by atoms with Crippen molar-refractivity contribution in [3.63, 3.8) is 0 Å². The fourth-order valence-electron chi connectivity index (χ4n) is 1.37. The Hall–Kier alpha value is -0.610. The van der Waals surface area contributed by atoms with Gasteiger partial charge in [0.1, 0.15) is 11.6 Å². The Morgan fingerprint density at radius 1 is 1.54 bits per heavy atom. The molecule has 1 aliphatic rings. The fraction of sp³-hybridized carbons (Fsp3) is 0.333. The van der Waals surface area contributed by atoms with Crippen LogP contribution in [0.1, 0.15) is 18.1 Å². The van der Waals surface area contributed by atoms with Crippen LogP contribution >= 0.6 is 15.9 Å². The van der Waals surface area contributed by atoms with Crippen molar-refractivity contribution in [2.24, 2.45) is 0 Å². The number of hydrogen-bond donors (Lipinski definition) is 1. The van der Waals surface area contributed by atoms with Crippen LogP contribution in [0, 0.1) is 5.82 Å². The van der Waals surface area contributed by atoms with Gasteiger partial charge in [0.05, 0.1) is 17.2 Å². The highest BCUT2D eigenvalue weighted by molar-refractivity contribution is 9.10. The van der Waals surface area contributed by atoms with Crippen LogP contribution in [-0.2, 0) is 0 Å². The molecule has 0 aromatic heterocycles. The van der Waals surface area contributed by atoms with E-state index < -0.39 is 6.10 Å². The first kappa shape index (κ1) is 8.97. The average molecular weight is 247 g/mol. The third-order valence-electron chi connectivity index (χ3n) is 2.06. The quantitative estimate of drug-likeness (QED) is 0.762. The van der Waals surface area contributed by atoms with Crippen molar-refractivity contribution < 1.29 is 14.2 Å². The van der Waals surface area contributed by atoms with E-state index in [0.717, 1.165) is 0 Å². The molecular formula is C9H8BrFO2. The zero-order chi connectivity index (χ0) is 9.42. The van der Waals surface area contributed by atoms with Crippen molar-refractivity contribution in [1.82, 2.24) is 0 Å². The van der Waals surface area contributed by atoms with E-state index in [9.17, 15) is 9.50 Å². The first-order valence-electron chi connectivity index (χ1n) is 3.98. The van der Waals surface area contributed by atoms with E-state index >= 15 is 0 Å². The van der Waals surface area contributed by atoms with Gasteiger partial charge in [-0.15, -0.1) is 0 Å². The normalized spacial score (nSPS) is 20.7. The minimum absolute atomic E-state index is 0.361. The minimum Gasteiger partial charge on any atom is -0.493 e. The highest BCUT2D eigenvalue weighted by atomic mass is 79.9. The summed E-state index contributed by atoms with van der Waals surface area (Å²) in [7, 11) is 0. The van der Waals surface area contributed by atoms with Crippen LogP contribution in [0.15, 0.2) is 16.6 Å². The van der Waals surface area contributed by atoms with E-state index in [1.807, 2.05) is 0 Å². The Morgan fingerprint density at radius 2 is 2.31 bits per heavy atom. The largest absolute Gasteiger partial charge is 0.493 e. The Bertz CT molecular complexity index is 341. The maximum atomic E-state index is 13.1. The zero-order valence-corrected chi connectivity index (χ0v) is 8.34. The molecule has 0 fully saturated rings. The Balaban J connectivity index is 2.52. The lowest BCUT2D eigenvalue weighted by molar-refractivity contribution is 0.115. The molecule has 0 saturated carbocycles. The molecule has 0 saturated heterocycles. The molecular weight excluding hydrogens is 239 g/mol. The second-order valence-electron chi connectivity index (χ2n) is 2.96. The SMILES string of the molecule is O[C@H]1CCOc2cc(Br)c(F)cc21. The van der Waals surface area contributed by atoms with E-state index in [1.165, 1.54) is 6.07 Å². The van der Waals surface area contributed by atoms with Gasteiger partial charge in [-0.25, -0.2) is 4.39 Å². The number of aliphatic hydroxyl groups is 1. The highest BCUT2D eigenvalue weighted by Crippen LogP contribution is 2.35.